The first-order chi connectivity index (χ1) is 18.5. The molecule has 7 nitrogen and oxygen atoms in total. The van der Waals surface area contributed by atoms with Gasteiger partial charge in [0, 0.05) is 44.3 Å². The van der Waals surface area contributed by atoms with Crippen LogP contribution in [0.2, 0.25) is 0 Å². The van der Waals surface area contributed by atoms with Crippen molar-refractivity contribution in [2.75, 3.05) is 51.3 Å². The number of methoxy groups -OCH3 is 2. The van der Waals surface area contributed by atoms with Crippen molar-refractivity contribution < 1.29 is 18.9 Å². The lowest BCUT2D eigenvalue weighted by molar-refractivity contribution is 0.0873. The highest BCUT2D eigenvalue weighted by atomic mass is 32.1. The van der Waals surface area contributed by atoms with Crippen molar-refractivity contribution in [2.45, 2.75) is 19.7 Å². The summed E-state index contributed by atoms with van der Waals surface area (Å²) in [6.07, 6.45) is 0. The molecule has 0 saturated heterocycles. The Bertz CT molecular complexity index is 1240. The molecule has 1 heterocycles. The van der Waals surface area contributed by atoms with Crippen LogP contribution in [0.5, 0.6) is 17.2 Å². The van der Waals surface area contributed by atoms with Crippen LogP contribution in [0.3, 0.4) is 0 Å². The largest absolute Gasteiger partial charge is 0.497 e. The number of ether oxygens (including phenoxy) is 4. The molecule has 0 N–H and O–H groups in total. The summed E-state index contributed by atoms with van der Waals surface area (Å²) in [5.41, 5.74) is 4.30. The van der Waals surface area contributed by atoms with Gasteiger partial charge in [0.25, 0.3) is 0 Å². The average Bonchev–Trinajstić information content (AvgIpc) is 3.42. The fourth-order valence-corrected chi connectivity index (χ4v) is 4.74. The lowest BCUT2D eigenvalue weighted by Crippen LogP contribution is -2.22. The second kappa shape index (κ2) is 13.7. The minimum Gasteiger partial charge on any atom is -0.497 e. The van der Waals surface area contributed by atoms with Crippen molar-refractivity contribution >= 4 is 22.2 Å². The molecule has 0 aliphatic carbocycles. The van der Waals surface area contributed by atoms with Crippen LogP contribution in [-0.2, 0) is 24.4 Å². The van der Waals surface area contributed by atoms with Crippen LogP contribution < -0.4 is 24.0 Å². The van der Waals surface area contributed by atoms with Crippen LogP contribution in [-0.4, -0.2) is 46.5 Å². The minimum atomic E-state index is 0.434. The van der Waals surface area contributed by atoms with Crippen LogP contribution in [0, 0.1) is 0 Å². The Kier molecular flexibility index (Phi) is 9.84. The lowest BCUT2D eigenvalue weighted by atomic mass is 10.1. The zero-order valence-electron chi connectivity index (χ0n) is 22.4. The molecule has 0 bridgehead atoms. The molecule has 200 valence electrons. The van der Waals surface area contributed by atoms with E-state index < -0.39 is 0 Å². The smallest absolute Gasteiger partial charge is 0.186 e. The zero-order valence-corrected chi connectivity index (χ0v) is 23.2. The maximum Gasteiger partial charge on any atom is 0.186 e. The molecule has 0 spiro atoms. The number of rotatable bonds is 14. The van der Waals surface area contributed by atoms with E-state index in [0.29, 0.717) is 32.9 Å². The molecule has 1 aromatic heterocycles. The van der Waals surface area contributed by atoms with Crippen LogP contribution in [0.15, 0.2) is 78.2 Å². The van der Waals surface area contributed by atoms with Crippen molar-refractivity contribution in [3.63, 3.8) is 0 Å². The van der Waals surface area contributed by atoms with E-state index in [-0.39, 0.29) is 0 Å². The Hall–Kier alpha value is -3.75. The monoisotopic (exact) mass is 533 g/mol. The van der Waals surface area contributed by atoms with Crippen molar-refractivity contribution in [3.05, 3.63) is 95.0 Å². The molecule has 0 amide bonds. The normalized spacial score (nSPS) is 10.7. The zero-order chi connectivity index (χ0) is 26.7. The summed E-state index contributed by atoms with van der Waals surface area (Å²) in [6.45, 7) is 2.79. The van der Waals surface area contributed by atoms with Crippen LogP contribution in [0.1, 0.15) is 16.8 Å². The van der Waals surface area contributed by atoms with Crippen LogP contribution in [0.4, 0.5) is 10.8 Å². The Morgan fingerprint density at radius 3 is 2.03 bits per heavy atom. The quantitative estimate of drug-likeness (QED) is 0.184. The average molecular weight is 534 g/mol. The molecule has 0 atom stereocenters. The molecular formula is C30H35N3O4S. The topological polar surface area (TPSA) is 56.3 Å². The first kappa shape index (κ1) is 27.3. The van der Waals surface area contributed by atoms with E-state index >= 15 is 0 Å². The third kappa shape index (κ3) is 7.87. The first-order valence-electron chi connectivity index (χ1n) is 12.5. The van der Waals surface area contributed by atoms with Gasteiger partial charge < -0.3 is 28.7 Å². The van der Waals surface area contributed by atoms with Crippen molar-refractivity contribution in [3.8, 4) is 17.2 Å². The summed E-state index contributed by atoms with van der Waals surface area (Å²) >= 11 is 1.62. The van der Waals surface area contributed by atoms with Gasteiger partial charge in [-0.25, -0.2) is 4.98 Å². The highest BCUT2D eigenvalue weighted by Gasteiger charge is 2.14. The number of hydrogen-bond donors (Lipinski definition) is 0. The van der Waals surface area contributed by atoms with E-state index in [0.717, 1.165) is 44.9 Å². The number of benzene rings is 3. The third-order valence-corrected chi connectivity index (χ3v) is 6.86. The van der Waals surface area contributed by atoms with E-state index in [9.17, 15) is 0 Å². The molecular weight excluding hydrogens is 498 g/mol. The van der Waals surface area contributed by atoms with Crippen molar-refractivity contribution in [1.82, 2.24) is 4.98 Å². The highest BCUT2D eigenvalue weighted by molar-refractivity contribution is 7.13. The predicted molar refractivity (Wildman–Crippen MR) is 154 cm³/mol. The molecule has 0 fully saturated rings. The molecule has 0 unspecified atom stereocenters. The van der Waals surface area contributed by atoms with Crippen LogP contribution >= 0.6 is 11.3 Å². The Balaban J connectivity index is 1.37. The summed E-state index contributed by atoms with van der Waals surface area (Å²) < 4.78 is 22.6. The lowest BCUT2D eigenvalue weighted by Gasteiger charge is -2.22. The van der Waals surface area contributed by atoms with Gasteiger partial charge in [-0.15, -0.1) is 11.3 Å². The minimum absolute atomic E-state index is 0.434. The standard InChI is InChI=1S/C30H35N3O4S/c1-32(2)26-10-7-13-29(18-26)37-15-14-36-21-25-22-38-30(31-25)33(19-23-8-5-11-27(16-23)34-3)20-24-9-6-12-28(17-24)35-4/h5-13,16-18,22H,14-15,19-21H2,1-4H3. The van der Waals surface area contributed by atoms with E-state index in [1.165, 1.54) is 0 Å². The van der Waals surface area contributed by atoms with Gasteiger partial charge in [0.15, 0.2) is 5.13 Å². The van der Waals surface area contributed by atoms with Gasteiger partial charge in [-0.05, 0) is 47.5 Å². The van der Waals surface area contributed by atoms with Crippen molar-refractivity contribution in [1.29, 1.82) is 0 Å². The Morgan fingerprint density at radius 2 is 1.39 bits per heavy atom. The molecule has 4 rings (SSSR count). The number of nitrogens with zero attached hydrogens (tertiary/aromatic N) is 3. The fourth-order valence-electron chi connectivity index (χ4n) is 3.93. The predicted octanol–water partition coefficient (Wildman–Crippen LogP) is 6.03. The molecule has 3 aromatic carbocycles. The van der Waals surface area contributed by atoms with Gasteiger partial charge in [0.05, 0.1) is 33.1 Å². The number of aromatic nitrogens is 1. The Morgan fingerprint density at radius 1 is 0.763 bits per heavy atom. The van der Waals surface area contributed by atoms with Gasteiger partial charge in [0.1, 0.15) is 23.9 Å². The van der Waals surface area contributed by atoms with Gasteiger partial charge in [-0.2, -0.15) is 0 Å². The second-order valence-corrected chi connectivity index (χ2v) is 9.81. The van der Waals surface area contributed by atoms with Gasteiger partial charge in [0.2, 0.25) is 0 Å². The van der Waals surface area contributed by atoms with Crippen LogP contribution in [0.25, 0.3) is 0 Å². The summed E-state index contributed by atoms with van der Waals surface area (Å²) in [7, 11) is 7.40. The van der Waals surface area contributed by atoms with E-state index in [4.69, 9.17) is 23.9 Å². The number of anilines is 2. The molecule has 0 radical (unpaired) electrons. The molecule has 38 heavy (non-hydrogen) atoms. The van der Waals surface area contributed by atoms with Gasteiger partial charge >= 0.3 is 0 Å². The summed E-state index contributed by atoms with van der Waals surface area (Å²) in [5.74, 6) is 2.52. The maximum atomic E-state index is 5.87. The highest BCUT2D eigenvalue weighted by Crippen LogP contribution is 2.27. The van der Waals surface area contributed by atoms with E-state index in [1.54, 1.807) is 25.6 Å². The fraction of sp³-hybridized carbons (Fsp3) is 0.300. The summed E-state index contributed by atoms with van der Waals surface area (Å²) in [6, 6.07) is 24.3. The molecule has 0 aliphatic heterocycles. The van der Waals surface area contributed by atoms with Gasteiger partial charge in [-0.1, -0.05) is 30.3 Å². The second-order valence-electron chi connectivity index (χ2n) is 8.97. The van der Waals surface area contributed by atoms with Crippen molar-refractivity contribution in [2.24, 2.45) is 0 Å². The van der Waals surface area contributed by atoms with Gasteiger partial charge in [-0.3, -0.25) is 0 Å². The third-order valence-electron chi connectivity index (χ3n) is 5.91. The molecule has 8 heteroatoms. The number of hydrogen-bond acceptors (Lipinski definition) is 8. The molecule has 0 aliphatic rings. The molecule has 4 aromatic rings. The molecule has 0 saturated carbocycles. The maximum absolute atomic E-state index is 5.87. The van der Waals surface area contributed by atoms with E-state index in [2.05, 4.69) is 45.5 Å². The van der Waals surface area contributed by atoms with E-state index in [1.807, 2.05) is 56.6 Å². The summed E-state index contributed by atoms with van der Waals surface area (Å²) in [4.78, 5) is 9.20. The number of thiazole rings is 1. The first-order valence-corrected chi connectivity index (χ1v) is 13.3. The summed E-state index contributed by atoms with van der Waals surface area (Å²) in [5, 5.41) is 2.99. The SMILES string of the molecule is COc1cccc(CN(Cc2cccc(OC)c2)c2nc(COCCOc3cccc(N(C)C)c3)cs2)c1. The Labute approximate surface area is 229 Å².